The Kier molecular flexibility index (Phi) is 30.9. The maximum absolute atomic E-state index is 7.25. The molecule has 0 spiro atoms. The quantitative estimate of drug-likeness (QED) is 0.0311. The molecule has 0 N–H and O–H groups in total. The van der Waals surface area contributed by atoms with Crippen molar-refractivity contribution < 1.29 is 4.74 Å². The van der Waals surface area contributed by atoms with Gasteiger partial charge in [-0.05, 0) is 159 Å². The van der Waals surface area contributed by atoms with Crippen LogP contribution >= 0.6 is 0 Å². The Bertz CT molecular complexity index is 2970. The molecule has 0 saturated carbocycles. The third-order valence-electron chi connectivity index (χ3n) is 15.7. The van der Waals surface area contributed by atoms with Gasteiger partial charge in [-0.1, -0.05) is 277 Å². The van der Waals surface area contributed by atoms with Crippen molar-refractivity contribution in [1.29, 1.82) is 0 Å². The molecule has 0 saturated heterocycles. The summed E-state index contributed by atoms with van der Waals surface area (Å²) in [7, 11) is 0. The van der Waals surface area contributed by atoms with E-state index in [0.29, 0.717) is 40.2 Å². The Labute approximate surface area is 506 Å². The molecule has 0 aliphatic rings. The molecular formula is C82H98O. The van der Waals surface area contributed by atoms with Gasteiger partial charge in [0.1, 0.15) is 0 Å². The van der Waals surface area contributed by atoms with Crippen LogP contribution in [0.1, 0.15) is 279 Å². The zero-order chi connectivity index (χ0) is 58.4. The molecule has 0 aliphatic carbocycles. The van der Waals surface area contributed by atoms with Crippen molar-refractivity contribution in [3.63, 3.8) is 0 Å². The van der Waals surface area contributed by atoms with Gasteiger partial charge in [-0.3, -0.25) is 0 Å². The fourth-order valence-electron chi connectivity index (χ4n) is 10.4. The predicted octanol–water partition coefficient (Wildman–Crippen LogP) is 21.3. The van der Waals surface area contributed by atoms with E-state index < -0.39 is 0 Å². The van der Waals surface area contributed by atoms with Crippen LogP contribution in [0.25, 0.3) is 0 Å². The molecule has 0 fully saturated rings. The molecular weight excluding hydrogens is 1000 g/mol. The van der Waals surface area contributed by atoms with Gasteiger partial charge in [0.15, 0.2) is 5.75 Å². The second-order valence-corrected chi connectivity index (χ2v) is 22.9. The van der Waals surface area contributed by atoms with Crippen molar-refractivity contribution >= 4 is 0 Å². The van der Waals surface area contributed by atoms with E-state index in [0.717, 1.165) is 72.8 Å². The third kappa shape index (κ3) is 24.0. The van der Waals surface area contributed by atoms with Crippen LogP contribution in [0, 0.1) is 59.2 Å². The van der Waals surface area contributed by atoms with E-state index in [4.69, 9.17) is 4.74 Å². The monoisotopic (exact) mass is 1100 g/mol. The van der Waals surface area contributed by atoms with Crippen LogP contribution in [-0.2, 0) is 32.1 Å². The maximum Gasteiger partial charge on any atom is 0.153 e. The van der Waals surface area contributed by atoms with E-state index >= 15 is 0 Å². The first-order valence-electron chi connectivity index (χ1n) is 32.9. The average Bonchev–Trinajstić information content (AvgIpc) is 3.65. The summed E-state index contributed by atoms with van der Waals surface area (Å²) >= 11 is 0. The molecule has 0 unspecified atom stereocenters. The SMILES string of the molecule is CCCCCCCCCCCOc1c(C#Cc2ccc(CCCCC)cc2)c(C#Cc2ccc(CCCCC)cc2)c(C#Cc2ccc(CCCCC)cc2)c(C#Cc2ccc(CCCCC)cc2)c1C#Cc1ccc(CCCCC)cc1. The van der Waals surface area contributed by atoms with Gasteiger partial charge in [0.25, 0.3) is 0 Å². The molecule has 6 aromatic carbocycles. The third-order valence-corrected chi connectivity index (χ3v) is 15.7. The van der Waals surface area contributed by atoms with Crippen LogP contribution in [0.2, 0.25) is 0 Å². The highest BCUT2D eigenvalue weighted by molar-refractivity contribution is 5.78. The minimum Gasteiger partial charge on any atom is -0.491 e. The zero-order valence-corrected chi connectivity index (χ0v) is 52.2. The highest BCUT2D eigenvalue weighted by Crippen LogP contribution is 2.35. The van der Waals surface area contributed by atoms with Crippen LogP contribution in [0.3, 0.4) is 0 Å². The molecule has 1 nitrogen and oxygen atoms in total. The molecule has 1 heteroatoms. The standard InChI is InChI=1S/C82H98O/c1-7-13-19-20-21-22-23-24-30-66-83-82-80(64-59-75-52-42-70(43-53-75)34-28-17-11-5)78(62-57-73-48-38-68(39-49-73)32-26-15-9-3)77(61-56-72-46-36-67(37-47-72)31-25-14-8-2)79(63-58-74-50-40-69(41-51-74)33-27-16-10-4)81(82)65-60-76-54-44-71(45-55-76)35-29-18-12-6/h36-55H,7-35,66H2,1-6H3. The number of hydrogen-bond acceptors (Lipinski definition) is 1. The molecule has 6 rings (SSSR count). The van der Waals surface area contributed by atoms with Crippen molar-refractivity contribution in [2.75, 3.05) is 6.61 Å². The second kappa shape index (κ2) is 39.4. The predicted molar refractivity (Wildman–Crippen MR) is 357 cm³/mol. The highest BCUT2D eigenvalue weighted by atomic mass is 16.5. The van der Waals surface area contributed by atoms with Gasteiger partial charge < -0.3 is 4.74 Å². The van der Waals surface area contributed by atoms with E-state index in [1.807, 2.05) is 0 Å². The number of ether oxygens (including phenoxy) is 1. The molecule has 0 aliphatic heterocycles. The summed E-state index contributed by atoms with van der Waals surface area (Å²) in [6, 6.07) is 44.0. The lowest BCUT2D eigenvalue weighted by Crippen LogP contribution is -2.08. The topological polar surface area (TPSA) is 9.23 Å². The van der Waals surface area contributed by atoms with Gasteiger partial charge in [0.2, 0.25) is 0 Å². The minimum absolute atomic E-state index is 0.520. The average molecular weight is 1100 g/mol. The molecule has 6 aromatic rings. The number of rotatable bonds is 31. The fourth-order valence-corrected chi connectivity index (χ4v) is 10.4. The minimum atomic E-state index is 0.520. The Morgan fingerprint density at radius 3 is 0.675 bits per heavy atom. The van der Waals surface area contributed by atoms with Crippen molar-refractivity contribution in [1.82, 2.24) is 0 Å². The maximum atomic E-state index is 7.25. The van der Waals surface area contributed by atoms with Crippen LogP contribution in [0.4, 0.5) is 0 Å². The number of unbranched alkanes of at least 4 members (excludes halogenated alkanes) is 18. The van der Waals surface area contributed by atoms with Gasteiger partial charge in [-0.2, -0.15) is 0 Å². The van der Waals surface area contributed by atoms with Gasteiger partial charge in [0, 0.05) is 27.8 Å². The van der Waals surface area contributed by atoms with Crippen molar-refractivity contribution in [3.05, 3.63) is 205 Å². The lowest BCUT2D eigenvalue weighted by Gasteiger charge is -2.17. The summed E-state index contributed by atoms with van der Waals surface area (Å²) in [5.74, 6) is 37.5. The largest absolute Gasteiger partial charge is 0.491 e. The fraction of sp³-hybridized carbons (Fsp3) is 0.439. The number of hydrogen-bond donors (Lipinski definition) is 0. The lowest BCUT2D eigenvalue weighted by atomic mass is 9.89. The first-order valence-corrected chi connectivity index (χ1v) is 32.9. The summed E-state index contributed by atoms with van der Waals surface area (Å²) < 4.78 is 7.25. The number of benzene rings is 6. The normalized spacial score (nSPS) is 10.5. The van der Waals surface area contributed by atoms with Crippen molar-refractivity contribution in [2.45, 2.75) is 228 Å². The smallest absolute Gasteiger partial charge is 0.153 e. The van der Waals surface area contributed by atoms with Gasteiger partial charge >= 0.3 is 0 Å². The summed E-state index contributed by atoms with van der Waals surface area (Å²) in [4.78, 5) is 0. The van der Waals surface area contributed by atoms with Gasteiger partial charge in [-0.15, -0.1) is 0 Å². The Morgan fingerprint density at radius 1 is 0.217 bits per heavy atom. The van der Waals surface area contributed by atoms with Crippen LogP contribution in [0.15, 0.2) is 121 Å². The van der Waals surface area contributed by atoms with Crippen LogP contribution < -0.4 is 4.74 Å². The summed E-state index contributed by atoms with van der Waals surface area (Å²) in [5, 5.41) is 0. The summed E-state index contributed by atoms with van der Waals surface area (Å²) in [6.07, 6.45) is 34.4. The molecule has 0 amide bonds. The molecule has 0 aromatic heterocycles. The first-order chi connectivity index (χ1) is 40.9. The Balaban J connectivity index is 1.64. The first kappa shape index (κ1) is 65.1. The molecule has 83 heavy (non-hydrogen) atoms. The molecule has 0 bridgehead atoms. The van der Waals surface area contributed by atoms with Crippen LogP contribution in [0.5, 0.6) is 5.75 Å². The summed E-state index contributed by atoms with van der Waals surface area (Å²) in [6.45, 7) is 14.1. The zero-order valence-electron chi connectivity index (χ0n) is 52.2. The van der Waals surface area contributed by atoms with E-state index in [-0.39, 0.29) is 0 Å². The van der Waals surface area contributed by atoms with E-state index in [9.17, 15) is 0 Å². The van der Waals surface area contributed by atoms with Crippen LogP contribution in [-0.4, -0.2) is 6.61 Å². The van der Waals surface area contributed by atoms with E-state index in [1.165, 1.54) is 169 Å². The van der Waals surface area contributed by atoms with Crippen molar-refractivity contribution in [3.8, 4) is 65.0 Å². The Hall–Kier alpha value is -7.08. The highest BCUT2D eigenvalue weighted by Gasteiger charge is 2.23. The molecule has 432 valence electrons. The second-order valence-electron chi connectivity index (χ2n) is 22.9. The van der Waals surface area contributed by atoms with E-state index in [2.05, 4.69) is 222 Å². The van der Waals surface area contributed by atoms with Gasteiger partial charge in [0.05, 0.1) is 34.4 Å². The number of aryl methyl sites for hydroxylation is 5. The lowest BCUT2D eigenvalue weighted by molar-refractivity contribution is 0.302. The van der Waals surface area contributed by atoms with Gasteiger partial charge in [-0.25, -0.2) is 0 Å². The molecule has 0 atom stereocenters. The molecule has 0 heterocycles. The Morgan fingerprint density at radius 2 is 0.422 bits per heavy atom. The van der Waals surface area contributed by atoms with E-state index in [1.54, 1.807) is 0 Å². The molecule has 0 radical (unpaired) electrons. The van der Waals surface area contributed by atoms with Crippen molar-refractivity contribution in [2.24, 2.45) is 0 Å². The summed E-state index contributed by atoms with van der Waals surface area (Å²) in [5.41, 5.74) is 14.9.